The molecule has 8 atom stereocenters. The Morgan fingerprint density at radius 3 is 1.41 bits per heavy atom. The summed E-state index contributed by atoms with van der Waals surface area (Å²) in [6.45, 7) is 9.33. The lowest BCUT2D eigenvalue weighted by molar-refractivity contribution is -0.142. The monoisotopic (exact) mass is 953 g/mol. The first-order valence-corrected chi connectivity index (χ1v) is 22.6. The third-order valence-electron chi connectivity index (χ3n) is 11.3. The molecule has 20 nitrogen and oxygen atoms in total. The normalized spacial score (nSPS) is 14.7. The summed E-state index contributed by atoms with van der Waals surface area (Å²) >= 11 is 0. The Morgan fingerprint density at radius 2 is 0.913 bits per heavy atom. The molecule has 0 aliphatic rings. The standard InChI is InChI=1S/C49H63N9O11/c1-26(2)40(48(67)56-38(49(68)69)23-32-25-51-35-20-14-13-19-33(32)35)57-43(62)29(6)52-42(61)28(5)53-45(64)36(21-30-15-9-7-10-16-30)54-46(65)37(22-31-17-11-8-12-18-31)55-47(66)41(27(3)4)58-44(63)34(50)24-39(59)60/h7-20,25-29,34,36-38,40-41,51H,21-24,50H2,1-6H3,(H,52,61)(H,53,64)(H,54,65)(H,55,66)(H,56,67)(H,57,62)(H,58,63)(H,59,60)(H,68,69)/t28-,29-,34-,36-,37-,38-,40-,41-/m0/s1. The zero-order valence-electron chi connectivity index (χ0n) is 39.4. The van der Waals surface area contributed by atoms with Gasteiger partial charge in [0.2, 0.25) is 41.4 Å². The van der Waals surface area contributed by atoms with Crippen LogP contribution in [0.3, 0.4) is 0 Å². The smallest absolute Gasteiger partial charge is 0.326 e. The molecule has 1 heterocycles. The van der Waals surface area contributed by atoms with Gasteiger partial charge in [-0.05, 0) is 48.4 Å². The second kappa shape index (κ2) is 25.5. The molecule has 3 aromatic carbocycles. The van der Waals surface area contributed by atoms with E-state index in [9.17, 15) is 48.3 Å². The number of carboxylic acids is 2. The van der Waals surface area contributed by atoms with Gasteiger partial charge in [-0.1, -0.05) is 107 Å². The minimum atomic E-state index is -1.44. The highest BCUT2D eigenvalue weighted by Crippen LogP contribution is 2.20. The summed E-state index contributed by atoms with van der Waals surface area (Å²) in [6, 6.07) is 14.4. The Bertz CT molecular complexity index is 2440. The number of nitrogens with one attached hydrogen (secondary N) is 8. The number of fused-ring (bicyclic) bond motifs is 1. The van der Waals surface area contributed by atoms with Gasteiger partial charge in [0.25, 0.3) is 0 Å². The first kappa shape index (κ1) is 54.0. The lowest BCUT2D eigenvalue weighted by Gasteiger charge is -2.28. The molecule has 20 heteroatoms. The molecule has 0 radical (unpaired) electrons. The molecule has 0 saturated carbocycles. The van der Waals surface area contributed by atoms with Gasteiger partial charge in [-0.3, -0.25) is 38.4 Å². The third kappa shape index (κ3) is 16.3. The van der Waals surface area contributed by atoms with Crippen LogP contribution in [0.25, 0.3) is 10.9 Å². The fraction of sp³-hybridized carbons (Fsp3) is 0.408. The number of nitrogens with two attached hydrogens (primary N) is 1. The lowest BCUT2D eigenvalue weighted by Crippen LogP contribution is -2.60. The Kier molecular flexibility index (Phi) is 20.0. The van der Waals surface area contributed by atoms with Gasteiger partial charge in [-0.15, -0.1) is 0 Å². The lowest BCUT2D eigenvalue weighted by atomic mass is 9.99. The summed E-state index contributed by atoms with van der Waals surface area (Å²) in [5.41, 5.74) is 8.50. The highest BCUT2D eigenvalue weighted by Gasteiger charge is 2.35. The average Bonchev–Trinajstić information content (AvgIpc) is 3.71. The number of rotatable bonds is 25. The first-order valence-electron chi connectivity index (χ1n) is 22.6. The minimum Gasteiger partial charge on any atom is -0.481 e. The van der Waals surface area contributed by atoms with Crippen LogP contribution >= 0.6 is 0 Å². The van der Waals surface area contributed by atoms with Crippen molar-refractivity contribution in [2.24, 2.45) is 17.6 Å². The minimum absolute atomic E-state index is 0.0327. The highest BCUT2D eigenvalue weighted by atomic mass is 16.4. The number of carboxylic acid groups (broad SMARTS) is 2. The van der Waals surface area contributed by atoms with Crippen molar-refractivity contribution in [2.45, 2.75) is 116 Å². The van der Waals surface area contributed by atoms with Gasteiger partial charge in [0.15, 0.2) is 0 Å². The molecule has 0 fully saturated rings. The van der Waals surface area contributed by atoms with Crippen LogP contribution in [0.15, 0.2) is 91.1 Å². The Labute approximate surface area is 399 Å². The number of carbonyl (C=O) groups excluding carboxylic acids is 7. The molecule has 4 rings (SSSR count). The molecular formula is C49H63N9O11. The predicted octanol–water partition coefficient (Wildman–Crippen LogP) is 0.828. The quantitative estimate of drug-likeness (QED) is 0.0440. The van der Waals surface area contributed by atoms with E-state index in [1.165, 1.54) is 13.8 Å². The van der Waals surface area contributed by atoms with Crippen molar-refractivity contribution in [3.63, 3.8) is 0 Å². The maximum Gasteiger partial charge on any atom is 0.326 e. The maximum atomic E-state index is 14.2. The largest absolute Gasteiger partial charge is 0.481 e. The molecule has 0 saturated heterocycles. The van der Waals surface area contributed by atoms with E-state index in [2.05, 4.69) is 42.2 Å². The number of carbonyl (C=O) groups is 9. The van der Waals surface area contributed by atoms with E-state index >= 15 is 0 Å². The molecule has 4 aromatic rings. The van der Waals surface area contributed by atoms with E-state index in [4.69, 9.17) is 10.8 Å². The zero-order chi connectivity index (χ0) is 50.9. The molecule has 0 spiro atoms. The van der Waals surface area contributed by atoms with Crippen molar-refractivity contribution < 1.29 is 53.4 Å². The number of aliphatic carboxylic acids is 2. The van der Waals surface area contributed by atoms with E-state index in [0.717, 1.165) is 10.9 Å². The molecule has 0 bridgehead atoms. The summed E-state index contributed by atoms with van der Waals surface area (Å²) in [5.74, 6) is -9.11. The first-order chi connectivity index (χ1) is 32.6. The second-order valence-corrected chi connectivity index (χ2v) is 17.6. The summed E-state index contributed by atoms with van der Waals surface area (Å²) in [6.07, 6.45) is 0.872. The van der Waals surface area contributed by atoms with Crippen molar-refractivity contribution >= 4 is 64.2 Å². The zero-order valence-corrected chi connectivity index (χ0v) is 39.4. The average molecular weight is 954 g/mol. The highest BCUT2D eigenvalue weighted by molar-refractivity contribution is 5.98. The SMILES string of the molecule is CC(C)[C@H](NC(=O)[C@H](C)NC(=O)[C@H](C)NC(=O)[C@H](Cc1ccccc1)NC(=O)[C@H](Cc1ccccc1)NC(=O)[C@@H](NC(=O)[C@@H](N)CC(=O)O)C(C)C)C(=O)N[C@@H](Cc1c[nH]c2ccccc12)C(=O)O. The molecule has 0 aliphatic carbocycles. The summed E-state index contributed by atoms with van der Waals surface area (Å²) in [7, 11) is 0. The predicted molar refractivity (Wildman–Crippen MR) is 255 cm³/mol. The Balaban J connectivity index is 1.45. The van der Waals surface area contributed by atoms with Gasteiger partial charge < -0.3 is 58.1 Å². The summed E-state index contributed by atoms with van der Waals surface area (Å²) in [5, 5.41) is 38.0. The van der Waals surface area contributed by atoms with Crippen LogP contribution in [0.1, 0.15) is 64.7 Å². The molecule has 370 valence electrons. The van der Waals surface area contributed by atoms with Crippen molar-refractivity contribution in [1.82, 2.24) is 42.2 Å². The number of amides is 7. The van der Waals surface area contributed by atoms with Crippen LogP contribution < -0.4 is 43.0 Å². The molecular weight excluding hydrogens is 891 g/mol. The Morgan fingerprint density at radius 1 is 0.493 bits per heavy atom. The molecule has 69 heavy (non-hydrogen) atoms. The molecule has 1 aromatic heterocycles. The van der Waals surface area contributed by atoms with Crippen LogP contribution in [-0.2, 0) is 62.4 Å². The molecule has 7 amide bonds. The second-order valence-electron chi connectivity index (χ2n) is 17.6. The fourth-order valence-corrected chi connectivity index (χ4v) is 7.31. The van der Waals surface area contributed by atoms with Crippen molar-refractivity contribution in [3.05, 3.63) is 108 Å². The fourth-order valence-electron chi connectivity index (χ4n) is 7.31. The Hall–Kier alpha value is -7.61. The summed E-state index contributed by atoms with van der Waals surface area (Å²) in [4.78, 5) is 122. The van der Waals surface area contributed by atoms with Crippen molar-refractivity contribution in [1.29, 1.82) is 0 Å². The van der Waals surface area contributed by atoms with E-state index in [-0.39, 0.29) is 19.3 Å². The maximum absolute atomic E-state index is 14.2. The number of benzene rings is 3. The van der Waals surface area contributed by atoms with Gasteiger partial charge in [0.05, 0.1) is 12.5 Å². The number of hydrogen-bond donors (Lipinski definition) is 11. The van der Waals surface area contributed by atoms with Crippen LogP contribution in [0.4, 0.5) is 0 Å². The topological polar surface area (TPSA) is 320 Å². The van der Waals surface area contributed by atoms with Crippen molar-refractivity contribution in [2.75, 3.05) is 0 Å². The number of aromatic nitrogens is 1. The van der Waals surface area contributed by atoms with E-state index in [0.29, 0.717) is 16.7 Å². The van der Waals surface area contributed by atoms with Gasteiger partial charge in [0.1, 0.15) is 42.3 Å². The molecule has 12 N–H and O–H groups in total. The third-order valence-corrected chi connectivity index (χ3v) is 11.3. The van der Waals surface area contributed by atoms with Gasteiger partial charge in [-0.2, -0.15) is 0 Å². The van der Waals surface area contributed by atoms with Crippen LogP contribution in [0.2, 0.25) is 0 Å². The number of hydrogen-bond acceptors (Lipinski definition) is 10. The number of aromatic amines is 1. The van der Waals surface area contributed by atoms with E-state index in [1.807, 2.05) is 24.3 Å². The van der Waals surface area contributed by atoms with Crippen molar-refractivity contribution in [3.8, 4) is 0 Å². The molecule has 0 unspecified atom stereocenters. The van der Waals surface area contributed by atoms with Crippen LogP contribution in [-0.4, -0.2) is 117 Å². The van der Waals surface area contributed by atoms with Crippen LogP contribution in [0.5, 0.6) is 0 Å². The number of para-hydroxylation sites is 1. The van der Waals surface area contributed by atoms with Crippen LogP contribution in [0, 0.1) is 11.8 Å². The number of H-pyrrole nitrogens is 1. The molecule has 0 aliphatic heterocycles. The van der Waals surface area contributed by atoms with Gasteiger partial charge >= 0.3 is 11.9 Å². The summed E-state index contributed by atoms with van der Waals surface area (Å²) < 4.78 is 0. The van der Waals surface area contributed by atoms with E-state index in [1.54, 1.807) is 94.6 Å². The van der Waals surface area contributed by atoms with Gasteiger partial charge in [0, 0.05) is 36.4 Å². The van der Waals surface area contributed by atoms with Gasteiger partial charge in [-0.25, -0.2) is 4.79 Å². The van der Waals surface area contributed by atoms with E-state index < -0.39 is 120 Å².